The van der Waals surface area contributed by atoms with Gasteiger partial charge in [0.15, 0.2) is 6.61 Å². The van der Waals surface area contributed by atoms with Crippen molar-refractivity contribution < 1.29 is 14.5 Å². The Bertz CT molecular complexity index is 405. The molecule has 0 fully saturated rings. The first-order chi connectivity index (χ1) is 7.00. The summed E-state index contributed by atoms with van der Waals surface area (Å²) in [6.45, 7) is 1.40. The van der Waals surface area contributed by atoms with Crippen LogP contribution < -0.4 is 4.74 Å². The molecule has 1 aromatic rings. The van der Waals surface area contributed by atoms with Gasteiger partial charge in [0, 0.05) is 12.1 Å². The summed E-state index contributed by atoms with van der Waals surface area (Å²) in [5.74, 6) is 0.412. The number of rotatable bonds is 4. The predicted octanol–water partition coefficient (Wildman–Crippen LogP) is 2.05. The van der Waals surface area contributed by atoms with Gasteiger partial charge in [-0.3, -0.25) is 14.9 Å². The standard InChI is InChI=1S/C9H8ClNO4/c1-6-4-7(11(13)14)2-3-8(6)15-5-9(10)12/h2-4H,5H2,1H3. The van der Waals surface area contributed by atoms with E-state index in [1.54, 1.807) is 6.92 Å². The molecule has 1 rings (SSSR count). The van der Waals surface area contributed by atoms with Crippen LogP contribution in [0, 0.1) is 17.0 Å². The van der Waals surface area contributed by atoms with Gasteiger partial charge in [-0.05, 0) is 30.2 Å². The summed E-state index contributed by atoms with van der Waals surface area (Å²) in [5.41, 5.74) is 0.569. The SMILES string of the molecule is Cc1cc([N+](=O)[O-])ccc1OCC(=O)Cl. The zero-order valence-corrected chi connectivity index (χ0v) is 8.65. The third kappa shape index (κ3) is 3.21. The van der Waals surface area contributed by atoms with Gasteiger partial charge in [0.25, 0.3) is 10.9 Å². The number of hydrogen-bond acceptors (Lipinski definition) is 4. The fraction of sp³-hybridized carbons (Fsp3) is 0.222. The Morgan fingerprint density at radius 1 is 1.60 bits per heavy atom. The van der Waals surface area contributed by atoms with E-state index in [9.17, 15) is 14.9 Å². The summed E-state index contributed by atoms with van der Waals surface area (Å²) in [6, 6.07) is 4.11. The molecule has 0 atom stereocenters. The fourth-order valence-corrected chi connectivity index (χ4v) is 1.10. The number of benzene rings is 1. The molecule has 0 aliphatic heterocycles. The van der Waals surface area contributed by atoms with Gasteiger partial charge >= 0.3 is 0 Å². The fourth-order valence-electron chi connectivity index (χ4n) is 1.04. The van der Waals surface area contributed by atoms with Crippen LogP contribution in [0.4, 0.5) is 5.69 Å². The Labute approximate surface area is 90.8 Å². The molecule has 0 radical (unpaired) electrons. The van der Waals surface area contributed by atoms with Crippen molar-refractivity contribution in [2.75, 3.05) is 6.61 Å². The highest BCUT2D eigenvalue weighted by atomic mass is 35.5. The van der Waals surface area contributed by atoms with Gasteiger partial charge in [-0.15, -0.1) is 0 Å². The average Bonchev–Trinajstić information content (AvgIpc) is 2.15. The maximum Gasteiger partial charge on any atom is 0.269 e. The Kier molecular flexibility index (Phi) is 3.62. The number of carbonyl (C=O) groups excluding carboxylic acids is 1. The molecule has 0 aromatic heterocycles. The number of ether oxygens (including phenoxy) is 1. The number of nitro benzene ring substituents is 1. The molecule has 0 aliphatic carbocycles. The lowest BCUT2D eigenvalue weighted by molar-refractivity contribution is -0.384. The molecular weight excluding hydrogens is 222 g/mol. The predicted molar refractivity (Wildman–Crippen MR) is 54.2 cm³/mol. The van der Waals surface area contributed by atoms with Crippen molar-refractivity contribution in [2.24, 2.45) is 0 Å². The molecule has 6 heteroatoms. The molecule has 15 heavy (non-hydrogen) atoms. The van der Waals surface area contributed by atoms with Crippen molar-refractivity contribution in [3.8, 4) is 5.75 Å². The number of halogens is 1. The average molecular weight is 230 g/mol. The van der Waals surface area contributed by atoms with Crippen LogP contribution in [-0.4, -0.2) is 16.8 Å². The van der Waals surface area contributed by atoms with E-state index in [0.717, 1.165) is 0 Å². The van der Waals surface area contributed by atoms with Crippen LogP contribution in [0.15, 0.2) is 18.2 Å². The molecule has 80 valence electrons. The van der Waals surface area contributed by atoms with Gasteiger partial charge < -0.3 is 4.74 Å². The quantitative estimate of drug-likeness (QED) is 0.450. The molecule has 1 aromatic carbocycles. The van der Waals surface area contributed by atoms with Crippen molar-refractivity contribution in [1.82, 2.24) is 0 Å². The van der Waals surface area contributed by atoms with Crippen LogP contribution in [-0.2, 0) is 4.79 Å². The summed E-state index contributed by atoms with van der Waals surface area (Å²) in [4.78, 5) is 20.4. The van der Waals surface area contributed by atoms with E-state index in [4.69, 9.17) is 16.3 Å². The zero-order chi connectivity index (χ0) is 11.4. The second kappa shape index (κ2) is 4.75. The molecule has 0 bridgehead atoms. The molecule has 0 saturated heterocycles. The van der Waals surface area contributed by atoms with Gasteiger partial charge in [0.2, 0.25) is 0 Å². The van der Waals surface area contributed by atoms with E-state index in [0.29, 0.717) is 11.3 Å². The number of nitro groups is 1. The van der Waals surface area contributed by atoms with Crippen LogP contribution in [0.2, 0.25) is 0 Å². The molecule has 0 N–H and O–H groups in total. The minimum absolute atomic E-state index is 0.0166. The number of hydrogen-bond donors (Lipinski definition) is 0. The van der Waals surface area contributed by atoms with Gasteiger partial charge in [-0.25, -0.2) is 0 Å². The summed E-state index contributed by atoms with van der Waals surface area (Å²) in [6.07, 6.45) is 0. The smallest absolute Gasteiger partial charge is 0.269 e. The van der Waals surface area contributed by atoms with Crippen molar-refractivity contribution in [3.05, 3.63) is 33.9 Å². The first kappa shape index (κ1) is 11.5. The number of aryl methyl sites for hydroxylation is 1. The Hall–Kier alpha value is -1.62. The lowest BCUT2D eigenvalue weighted by atomic mass is 10.2. The number of carbonyl (C=O) groups is 1. The van der Waals surface area contributed by atoms with Crippen LogP contribution in [0.3, 0.4) is 0 Å². The van der Waals surface area contributed by atoms with Gasteiger partial charge in [-0.2, -0.15) is 0 Å². The summed E-state index contributed by atoms with van der Waals surface area (Å²) in [7, 11) is 0. The van der Waals surface area contributed by atoms with Gasteiger partial charge in [0.05, 0.1) is 4.92 Å². The molecule has 5 nitrogen and oxygen atoms in total. The Morgan fingerprint density at radius 3 is 2.73 bits per heavy atom. The lowest BCUT2D eigenvalue weighted by Crippen LogP contribution is -2.05. The third-order valence-corrected chi connectivity index (χ3v) is 1.82. The molecule has 0 heterocycles. The van der Waals surface area contributed by atoms with Crippen molar-refractivity contribution >= 4 is 22.5 Å². The van der Waals surface area contributed by atoms with Crippen LogP contribution in [0.25, 0.3) is 0 Å². The highest BCUT2D eigenvalue weighted by Gasteiger charge is 2.09. The summed E-state index contributed by atoms with van der Waals surface area (Å²) in [5, 5.41) is 9.80. The van der Waals surface area contributed by atoms with E-state index < -0.39 is 10.2 Å². The molecular formula is C9H8ClNO4. The zero-order valence-electron chi connectivity index (χ0n) is 7.90. The molecule has 0 spiro atoms. The Morgan fingerprint density at radius 2 is 2.27 bits per heavy atom. The van der Waals surface area contributed by atoms with E-state index in [1.165, 1.54) is 18.2 Å². The monoisotopic (exact) mass is 229 g/mol. The number of non-ortho nitro benzene ring substituents is 1. The topological polar surface area (TPSA) is 69.4 Å². The van der Waals surface area contributed by atoms with Gasteiger partial charge in [0.1, 0.15) is 5.75 Å². The highest BCUT2D eigenvalue weighted by Crippen LogP contribution is 2.23. The second-order valence-electron chi connectivity index (χ2n) is 2.85. The van der Waals surface area contributed by atoms with Crippen molar-refractivity contribution in [1.29, 1.82) is 0 Å². The van der Waals surface area contributed by atoms with Crippen LogP contribution >= 0.6 is 11.6 Å². The van der Waals surface area contributed by atoms with E-state index in [1.807, 2.05) is 0 Å². The number of nitrogens with zero attached hydrogens (tertiary/aromatic N) is 1. The first-order valence-electron chi connectivity index (χ1n) is 4.07. The molecule has 0 amide bonds. The molecule has 0 aliphatic rings. The first-order valence-corrected chi connectivity index (χ1v) is 4.44. The van der Waals surface area contributed by atoms with Gasteiger partial charge in [-0.1, -0.05) is 0 Å². The van der Waals surface area contributed by atoms with Crippen LogP contribution in [0.5, 0.6) is 5.75 Å². The summed E-state index contributed by atoms with van der Waals surface area (Å²) >= 11 is 5.09. The molecule has 0 saturated carbocycles. The maximum atomic E-state index is 10.4. The third-order valence-electron chi connectivity index (χ3n) is 1.71. The summed E-state index contributed by atoms with van der Waals surface area (Å²) < 4.78 is 5.03. The van der Waals surface area contributed by atoms with Crippen LogP contribution in [0.1, 0.15) is 5.56 Å². The maximum absolute atomic E-state index is 10.4. The minimum Gasteiger partial charge on any atom is -0.484 e. The van der Waals surface area contributed by atoms with Crippen molar-refractivity contribution in [3.63, 3.8) is 0 Å². The molecule has 0 unspecified atom stereocenters. The van der Waals surface area contributed by atoms with E-state index >= 15 is 0 Å². The minimum atomic E-state index is -0.618. The lowest BCUT2D eigenvalue weighted by Gasteiger charge is -2.05. The van der Waals surface area contributed by atoms with Crippen molar-refractivity contribution in [2.45, 2.75) is 6.92 Å². The highest BCUT2D eigenvalue weighted by molar-refractivity contribution is 6.63. The second-order valence-corrected chi connectivity index (χ2v) is 3.27. The van der Waals surface area contributed by atoms with E-state index in [-0.39, 0.29) is 12.3 Å². The largest absolute Gasteiger partial charge is 0.484 e. The van der Waals surface area contributed by atoms with E-state index in [2.05, 4.69) is 0 Å². The Balaban J connectivity index is 2.83. The normalized spacial score (nSPS) is 9.73.